The van der Waals surface area contributed by atoms with Crippen LogP contribution in [0.25, 0.3) is 0 Å². The zero-order chi connectivity index (χ0) is 9.07. The van der Waals surface area contributed by atoms with Crippen LogP contribution in [-0.4, -0.2) is 17.1 Å². The molecule has 0 heterocycles. The standard InChI is InChI=1S/C6H10O4S/c1-6(2,3)10-4(7)9-5(8)11/h1-3H3,(H,8,11). The van der Waals surface area contributed by atoms with E-state index >= 15 is 0 Å². The Morgan fingerprint density at radius 3 is 2.00 bits per heavy atom. The van der Waals surface area contributed by atoms with Crippen LogP contribution >= 0.6 is 12.6 Å². The van der Waals surface area contributed by atoms with E-state index in [9.17, 15) is 9.59 Å². The van der Waals surface area contributed by atoms with Gasteiger partial charge in [0.05, 0.1) is 0 Å². The lowest BCUT2D eigenvalue weighted by molar-refractivity contribution is 0.0131. The molecule has 0 rings (SSSR count). The van der Waals surface area contributed by atoms with Gasteiger partial charge in [0.2, 0.25) is 0 Å². The van der Waals surface area contributed by atoms with E-state index in [-0.39, 0.29) is 0 Å². The molecule has 0 radical (unpaired) electrons. The van der Waals surface area contributed by atoms with E-state index in [1.54, 1.807) is 20.8 Å². The Bertz CT molecular complexity index is 170. The lowest BCUT2D eigenvalue weighted by Crippen LogP contribution is -2.24. The van der Waals surface area contributed by atoms with Gasteiger partial charge in [0, 0.05) is 0 Å². The Kier molecular flexibility index (Phi) is 3.38. The second-order valence-electron chi connectivity index (χ2n) is 2.83. The van der Waals surface area contributed by atoms with Crippen molar-refractivity contribution in [3.05, 3.63) is 0 Å². The van der Waals surface area contributed by atoms with E-state index < -0.39 is 17.1 Å². The predicted octanol–water partition coefficient (Wildman–Crippen LogP) is 1.99. The minimum atomic E-state index is -1.03. The molecule has 0 saturated carbocycles. The third kappa shape index (κ3) is 7.18. The van der Waals surface area contributed by atoms with Crippen LogP contribution in [0.3, 0.4) is 0 Å². The molecule has 0 saturated heterocycles. The third-order valence-electron chi connectivity index (χ3n) is 0.560. The molecular formula is C6H10O4S. The molecule has 4 nitrogen and oxygen atoms in total. The first-order valence-corrected chi connectivity index (χ1v) is 3.40. The first-order chi connectivity index (χ1) is 4.81. The van der Waals surface area contributed by atoms with Crippen LogP contribution in [0.4, 0.5) is 9.59 Å². The van der Waals surface area contributed by atoms with Crippen molar-refractivity contribution in [2.45, 2.75) is 26.4 Å². The summed E-state index contributed by atoms with van der Waals surface area (Å²) in [6.07, 6.45) is -1.03. The van der Waals surface area contributed by atoms with Gasteiger partial charge < -0.3 is 9.47 Å². The molecule has 0 aromatic rings. The van der Waals surface area contributed by atoms with E-state index in [1.165, 1.54) is 0 Å². The average Bonchev–Trinajstić information content (AvgIpc) is 1.53. The molecule has 0 unspecified atom stereocenters. The van der Waals surface area contributed by atoms with E-state index in [0.717, 1.165) is 0 Å². The molecule has 0 amide bonds. The second-order valence-corrected chi connectivity index (χ2v) is 3.20. The molecule has 0 N–H and O–H groups in total. The van der Waals surface area contributed by atoms with Gasteiger partial charge in [-0.15, -0.1) is 0 Å². The van der Waals surface area contributed by atoms with Crippen molar-refractivity contribution in [3.63, 3.8) is 0 Å². The number of hydrogen-bond acceptors (Lipinski definition) is 4. The Morgan fingerprint density at radius 1 is 1.27 bits per heavy atom. The smallest absolute Gasteiger partial charge is 0.428 e. The molecular weight excluding hydrogens is 168 g/mol. The summed E-state index contributed by atoms with van der Waals surface area (Å²) in [5.41, 5.74) is -0.652. The quantitative estimate of drug-likeness (QED) is 0.350. The Labute approximate surface area is 70.3 Å². The highest BCUT2D eigenvalue weighted by molar-refractivity contribution is 7.96. The SMILES string of the molecule is CC(C)(C)OC(=O)OC(=O)S. The summed E-state index contributed by atoms with van der Waals surface area (Å²) < 4.78 is 8.61. The maximum absolute atomic E-state index is 10.6. The summed E-state index contributed by atoms with van der Waals surface area (Å²) in [6, 6.07) is 0. The van der Waals surface area contributed by atoms with Crippen LogP contribution in [0.5, 0.6) is 0 Å². The van der Waals surface area contributed by atoms with Crippen LogP contribution in [0, 0.1) is 0 Å². The van der Waals surface area contributed by atoms with Gasteiger partial charge in [-0.3, -0.25) is 0 Å². The molecule has 0 spiro atoms. The number of rotatable bonds is 0. The molecule has 0 fully saturated rings. The molecule has 0 aliphatic carbocycles. The van der Waals surface area contributed by atoms with Crippen molar-refractivity contribution in [1.82, 2.24) is 0 Å². The normalized spacial score (nSPS) is 10.5. The van der Waals surface area contributed by atoms with Crippen molar-refractivity contribution >= 4 is 24.1 Å². The van der Waals surface area contributed by atoms with E-state index in [2.05, 4.69) is 22.1 Å². The fourth-order valence-electron chi connectivity index (χ4n) is 0.342. The van der Waals surface area contributed by atoms with Crippen LogP contribution in [0.15, 0.2) is 0 Å². The van der Waals surface area contributed by atoms with E-state index in [4.69, 9.17) is 0 Å². The zero-order valence-electron chi connectivity index (χ0n) is 6.58. The summed E-state index contributed by atoms with van der Waals surface area (Å²) in [4.78, 5) is 20.6. The molecule has 64 valence electrons. The average molecular weight is 178 g/mol. The zero-order valence-corrected chi connectivity index (χ0v) is 7.47. The summed E-state index contributed by atoms with van der Waals surface area (Å²) >= 11 is 3.23. The number of carbonyl (C=O) groups is 2. The monoisotopic (exact) mass is 178 g/mol. The predicted molar refractivity (Wildman–Crippen MR) is 41.7 cm³/mol. The van der Waals surface area contributed by atoms with Gasteiger partial charge >= 0.3 is 11.5 Å². The van der Waals surface area contributed by atoms with Gasteiger partial charge in [-0.1, -0.05) is 12.6 Å². The maximum Gasteiger partial charge on any atom is 0.517 e. The first kappa shape index (κ1) is 10.3. The summed E-state index contributed by atoms with van der Waals surface area (Å²) in [7, 11) is 0. The molecule has 0 aliphatic heterocycles. The van der Waals surface area contributed by atoms with Crippen molar-refractivity contribution in [3.8, 4) is 0 Å². The summed E-state index contributed by atoms with van der Waals surface area (Å²) in [5, 5.41) is -0.973. The third-order valence-corrected chi connectivity index (χ3v) is 0.651. The second kappa shape index (κ2) is 3.61. The van der Waals surface area contributed by atoms with Crippen LogP contribution in [-0.2, 0) is 9.47 Å². The molecule has 0 aromatic heterocycles. The Hall–Kier alpha value is -0.710. The van der Waals surface area contributed by atoms with Crippen LogP contribution < -0.4 is 0 Å². The van der Waals surface area contributed by atoms with Crippen LogP contribution in [0.2, 0.25) is 0 Å². The lowest BCUT2D eigenvalue weighted by Gasteiger charge is -2.17. The molecule has 0 aromatic carbocycles. The van der Waals surface area contributed by atoms with Gasteiger partial charge in [0.1, 0.15) is 5.60 Å². The molecule has 11 heavy (non-hydrogen) atoms. The fourth-order valence-corrected chi connectivity index (χ4v) is 0.417. The maximum atomic E-state index is 10.6. The molecule has 0 atom stereocenters. The van der Waals surface area contributed by atoms with Gasteiger partial charge in [-0.2, -0.15) is 0 Å². The molecule has 5 heteroatoms. The van der Waals surface area contributed by atoms with Crippen molar-refractivity contribution in [1.29, 1.82) is 0 Å². The van der Waals surface area contributed by atoms with Crippen molar-refractivity contribution in [2.75, 3.05) is 0 Å². The first-order valence-electron chi connectivity index (χ1n) is 2.95. The van der Waals surface area contributed by atoms with Crippen LogP contribution in [0.1, 0.15) is 20.8 Å². The largest absolute Gasteiger partial charge is 0.517 e. The summed E-state index contributed by atoms with van der Waals surface area (Å²) in [6.45, 7) is 4.99. The van der Waals surface area contributed by atoms with Gasteiger partial charge in [0.15, 0.2) is 0 Å². The number of hydrogen-bond donors (Lipinski definition) is 1. The number of carbonyl (C=O) groups excluding carboxylic acids is 2. The minimum Gasteiger partial charge on any atom is -0.428 e. The van der Waals surface area contributed by atoms with Gasteiger partial charge in [-0.05, 0) is 20.8 Å². The highest BCUT2D eigenvalue weighted by Crippen LogP contribution is 2.08. The summed E-state index contributed by atoms with van der Waals surface area (Å²) in [5.74, 6) is 0. The number of thiol groups is 1. The minimum absolute atomic E-state index is 0.652. The highest BCUT2D eigenvalue weighted by Gasteiger charge is 2.18. The van der Waals surface area contributed by atoms with E-state index in [1.807, 2.05) is 0 Å². The van der Waals surface area contributed by atoms with Gasteiger partial charge in [-0.25, -0.2) is 9.59 Å². The molecule has 0 aliphatic rings. The van der Waals surface area contributed by atoms with Gasteiger partial charge in [0.25, 0.3) is 0 Å². The Morgan fingerprint density at radius 2 is 1.73 bits per heavy atom. The lowest BCUT2D eigenvalue weighted by atomic mass is 10.2. The number of ether oxygens (including phenoxy) is 2. The van der Waals surface area contributed by atoms with E-state index in [0.29, 0.717) is 0 Å². The van der Waals surface area contributed by atoms with Crippen molar-refractivity contribution < 1.29 is 19.1 Å². The highest BCUT2D eigenvalue weighted by atomic mass is 32.1. The fraction of sp³-hybridized carbons (Fsp3) is 0.667. The molecule has 0 bridgehead atoms. The topological polar surface area (TPSA) is 52.6 Å². The Balaban J connectivity index is 3.80. The van der Waals surface area contributed by atoms with Crippen molar-refractivity contribution in [2.24, 2.45) is 0 Å².